The molecule has 2 heterocycles. The van der Waals surface area contributed by atoms with E-state index in [-0.39, 0.29) is 5.91 Å². The minimum atomic E-state index is -0.0259. The molecule has 1 fully saturated rings. The molecule has 0 aliphatic carbocycles. The number of rotatable bonds is 7. The molecule has 3 rings (SSSR count). The minimum absolute atomic E-state index is 0.0259. The highest BCUT2D eigenvalue weighted by atomic mass is 35.5. The first-order valence-electron chi connectivity index (χ1n) is 9.50. The fraction of sp³-hybridized carbons (Fsp3) is 0.429. The number of nitriles is 1. The Bertz CT molecular complexity index is 858. The van der Waals surface area contributed by atoms with Gasteiger partial charge >= 0.3 is 0 Å². The Morgan fingerprint density at radius 3 is 3.07 bits per heavy atom. The summed E-state index contributed by atoms with van der Waals surface area (Å²) in [4.78, 5) is 17.8. The first-order chi connectivity index (χ1) is 13.6. The molecule has 7 heteroatoms. The van der Waals surface area contributed by atoms with Gasteiger partial charge in [-0.1, -0.05) is 11.6 Å². The van der Waals surface area contributed by atoms with E-state index < -0.39 is 0 Å². The number of hydrogen-bond donors (Lipinski definition) is 2. The van der Waals surface area contributed by atoms with Crippen molar-refractivity contribution in [1.82, 2.24) is 9.88 Å². The van der Waals surface area contributed by atoms with Crippen molar-refractivity contribution in [2.75, 3.05) is 25.5 Å². The van der Waals surface area contributed by atoms with Crippen molar-refractivity contribution >= 4 is 23.2 Å². The molecule has 0 bridgehead atoms. The zero-order valence-electron chi connectivity index (χ0n) is 16.0. The van der Waals surface area contributed by atoms with Crippen molar-refractivity contribution in [2.45, 2.75) is 32.2 Å². The van der Waals surface area contributed by atoms with Gasteiger partial charge in [0.2, 0.25) is 5.91 Å². The van der Waals surface area contributed by atoms with Crippen LogP contribution < -0.4 is 10.1 Å². The van der Waals surface area contributed by atoms with Gasteiger partial charge in [0.25, 0.3) is 0 Å². The monoisotopic (exact) mass is 400 g/mol. The maximum atomic E-state index is 12.4. The highest BCUT2D eigenvalue weighted by molar-refractivity contribution is 6.31. The Morgan fingerprint density at radius 1 is 1.46 bits per heavy atom. The average Bonchev–Trinajstić information content (AvgIpc) is 3.14. The standard InChI is InChI=1S/C21H25ClN4O2/c1-28-20-6-5-17(22)10-19(20)25-21(27)7-4-15-3-2-8-26(13-15)14-16-9-18(11-23)24-12-16/h5-6,9-10,12,15,24H,2-4,7-8,13-14H2,1H3,(H,25,27)/t15-/m0/s1. The number of hydrogen-bond acceptors (Lipinski definition) is 4. The van der Waals surface area contributed by atoms with Crippen LogP contribution in [0.5, 0.6) is 5.75 Å². The van der Waals surface area contributed by atoms with Crippen molar-refractivity contribution in [3.05, 3.63) is 46.7 Å². The molecule has 1 aromatic heterocycles. The molecule has 0 saturated carbocycles. The summed E-state index contributed by atoms with van der Waals surface area (Å²) in [6, 6.07) is 9.20. The quantitative estimate of drug-likeness (QED) is 0.730. The van der Waals surface area contributed by atoms with Crippen molar-refractivity contribution in [1.29, 1.82) is 5.26 Å². The molecule has 1 atom stereocenters. The molecular weight excluding hydrogens is 376 g/mol. The lowest BCUT2D eigenvalue weighted by Crippen LogP contribution is -2.35. The zero-order chi connectivity index (χ0) is 19.9. The summed E-state index contributed by atoms with van der Waals surface area (Å²) in [7, 11) is 1.57. The number of nitrogens with one attached hydrogen (secondary N) is 2. The highest BCUT2D eigenvalue weighted by Crippen LogP contribution is 2.28. The van der Waals surface area contributed by atoms with Crippen LogP contribution in [0.15, 0.2) is 30.5 Å². The number of H-pyrrole nitrogens is 1. The number of aromatic nitrogens is 1. The molecule has 1 amide bonds. The predicted molar refractivity (Wildman–Crippen MR) is 109 cm³/mol. The van der Waals surface area contributed by atoms with E-state index in [2.05, 4.69) is 21.3 Å². The lowest BCUT2D eigenvalue weighted by atomic mass is 9.93. The highest BCUT2D eigenvalue weighted by Gasteiger charge is 2.21. The first kappa shape index (κ1) is 20.2. The average molecular weight is 401 g/mol. The molecule has 6 nitrogen and oxygen atoms in total. The Morgan fingerprint density at radius 2 is 2.32 bits per heavy atom. The Kier molecular flexibility index (Phi) is 6.96. The lowest BCUT2D eigenvalue weighted by Gasteiger charge is -2.32. The van der Waals surface area contributed by atoms with Crippen LogP contribution in [0.2, 0.25) is 5.02 Å². The molecule has 1 saturated heterocycles. The first-order valence-corrected chi connectivity index (χ1v) is 9.88. The Labute approximate surface area is 170 Å². The number of methoxy groups -OCH3 is 1. The second kappa shape index (κ2) is 9.63. The van der Waals surface area contributed by atoms with Gasteiger partial charge in [0.1, 0.15) is 17.5 Å². The third-order valence-corrected chi connectivity index (χ3v) is 5.32. The molecule has 0 radical (unpaired) electrons. The summed E-state index contributed by atoms with van der Waals surface area (Å²) in [6.45, 7) is 2.86. The third-order valence-electron chi connectivity index (χ3n) is 5.09. The molecule has 2 N–H and O–H groups in total. The molecule has 0 unspecified atom stereocenters. The van der Waals surface area contributed by atoms with E-state index in [1.54, 1.807) is 25.3 Å². The number of piperidine rings is 1. The Hall–Kier alpha value is -2.49. The second-order valence-corrected chi connectivity index (χ2v) is 7.64. The van der Waals surface area contributed by atoms with Gasteiger partial charge in [-0.3, -0.25) is 9.69 Å². The number of carbonyl (C=O) groups excluding carboxylic acids is 1. The van der Waals surface area contributed by atoms with Gasteiger partial charge in [-0.05, 0) is 61.6 Å². The van der Waals surface area contributed by atoms with E-state index in [1.807, 2.05) is 12.3 Å². The van der Waals surface area contributed by atoms with Gasteiger partial charge in [-0.15, -0.1) is 0 Å². The Balaban J connectivity index is 1.48. The number of nitrogens with zero attached hydrogens (tertiary/aromatic N) is 2. The normalized spacial score (nSPS) is 17.1. The van der Waals surface area contributed by atoms with E-state index in [0.717, 1.165) is 44.5 Å². The summed E-state index contributed by atoms with van der Waals surface area (Å²) in [5, 5.41) is 12.4. The van der Waals surface area contributed by atoms with Crippen LogP contribution in [0.25, 0.3) is 0 Å². The van der Waals surface area contributed by atoms with Gasteiger partial charge in [-0.2, -0.15) is 5.26 Å². The minimum Gasteiger partial charge on any atom is -0.495 e. The number of amides is 1. The van der Waals surface area contributed by atoms with Crippen LogP contribution in [0.3, 0.4) is 0 Å². The molecule has 0 spiro atoms. The molecule has 148 valence electrons. The van der Waals surface area contributed by atoms with Gasteiger partial charge in [0, 0.05) is 30.7 Å². The number of benzene rings is 1. The summed E-state index contributed by atoms with van der Waals surface area (Å²) >= 11 is 6.02. The number of anilines is 1. The van der Waals surface area contributed by atoms with Gasteiger partial charge in [-0.25, -0.2) is 0 Å². The number of carbonyl (C=O) groups is 1. The fourth-order valence-corrected chi connectivity index (χ4v) is 3.88. The topological polar surface area (TPSA) is 81.2 Å². The molecular formula is C21H25ClN4O2. The van der Waals surface area contributed by atoms with E-state index in [9.17, 15) is 4.79 Å². The molecule has 1 aliphatic heterocycles. The van der Waals surface area contributed by atoms with Crippen LogP contribution in [-0.4, -0.2) is 36.0 Å². The lowest BCUT2D eigenvalue weighted by molar-refractivity contribution is -0.116. The predicted octanol–water partition coefficient (Wildman–Crippen LogP) is 4.18. The van der Waals surface area contributed by atoms with Crippen LogP contribution in [-0.2, 0) is 11.3 Å². The van der Waals surface area contributed by atoms with Crippen LogP contribution in [0.1, 0.15) is 36.9 Å². The van der Waals surface area contributed by atoms with Crippen molar-refractivity contribution in [2.24, 2.45) is 5.92 Å². The maximum Gasteiger partial charge on any atom is 0.224 e. The summed E-state index contributed by atoms with van der Waals surface area (Å²) < 4.78 is 5.27. The van der Waals surface area contributed by atoms with Crippen molar-refractivity contribution < 1.29 is 9.53 Å². The molecule has 2 aromatic rings. The van der Waals surface area contributed by atoms with Crippen LogP contribution in [0.4, 0.5) is 5.69 Å². The number of likely N-dealkylation sites (tertiary alicyclic amines) is 1. The van der Waals surface area contributed by atoms with Gasteiger partial charge < -0.3 is 15.0 Å². The van der Waals surface area contributed by atoms with E-state index in [4.69, 9.17) is 21.6 Å². The number of aromatic amines is 1. The molecule has 1 aromatic carbocycles. The van der Waals surface area contributed by atoms with Gasteiger partial charge in [0.05, 0.1) is 12.8 Å². The van der Waals surface area contributed by atoms with Crippen LogP contribution >= 0.6 is 11.6 Å². The van der Waals surface area contributed by atoms with Crippen molar-refractivity contribution in [3.63, 3.8) is 0 Å². The summed E-state index contributed by atoms with van der Waals surface area (Å²) in [5.74, 6) is 1.07. The molecule has 1 aliphatic rings. The summed E-state index contributed by atoms with van der Waals surface area (Å²) in [5.41, 5.74) is 2.32. The van der Waals surface area contributed by atoms with E-state index >= 15 is 0 Å². The second-order valence-electron chi connectivity index (χ2n) is 7.21. The maximum absolute atomic E-state index is 12.4. The largest absolute Gasteiger partial charge is 0.495 e. The smallest absolute Gasteiger partial charge is 0.224 e. The third kappa shape index (κ3) is 5.51. The zero-order valence-corrected chi connectivity index (χ0v) is 16.8. The van der Waals surface area contributed by atoms with E-state index in [0.29, 0.717) is 34.5 Å². The van der Waals surface area contributed by atoms with Crippen molar-refractivity contribution in [3.8, 4) is 11.8 Å². The fourth-order valence-electron chi connectivity index (χ4n) is 3.71. The number of ether oxygens (including phenoxy) is 1. The molecule has 28 heavy (non-hydrogen) atoms. The summed E-state index contributed by atoms with van der Waals surface area (Å²) in [6.07, 6.45) is 5.48. The number of halogens is 1. The van der Waals surface area contributed by atoms with E-state index in [1.165, 1.54) is 0 Å². The van der Waals surface area contributed by atoms with Gasteiger partial charge in [0.15, 0.2) is 0 Å². The SMILES string of the molecule is COc1ccc(Cl)cc1NC(=O)CC[C@@H]1CCCN(Cc2c[nH]c(C#N)c2)C1. The van der Waals surface area contributed by atoms with Crippen LogP contribution in [0, 0.1) is 17.2 Å².